The highest BCUT2D eigenvalue weighted by Gasteiger charge is 2.44. The second-order valence-corrected chi connectivity index (χ2v) is 9.59. The van der Waals surface area contributed by atoms with Gasteiger partial charge in [0.25, 0.3) is 5.89 Å². The van der Waals surface area contributed by atoms with Crippen molar-refractivity contribution in [1.29, 1.82) is 0 Å². The van der Waals surface area contributed by atoms with Crippen molar-refractivity contribution in [2.24, 2.45) is 0 Å². The number of sulfone groups is 1. The van der Waals surface area contributed by atoms with Gasteiger partial charge < -0.3 is 9.32 Å². The second-order valence-electron chi connectivity index (χ2n) is 7.08. The van der Waals surface area contributed by atoms with Crippen molar-refractivity contribution in [2.45, 2.75) is 42.6 Å². The zero-order chi connectivity index (χ0) is 18.1. The molecule has 2 heterocycles. The van der Waals surface area contributed by atoms with E-state index in [1.165, 1.54) is 11.1 Å². The van der Waals surface area contributed by atoms with Crippen LogP contribution in [-0.4, -0.2) is 47.8 Å². The molecule has 0 spiro atoms. The van der Waals surface area contributed by atoms with E-state index in [9.17, 15) is 13.2 Å². The number of likely N-dealkylation sites (tertiary alicyclic amines) is 1. The van der Waals surface area contributed by atoms with Crippen molar-refractivity contribution < 1.29 is 17.6 Å². The van der Waals surface area contributed by atoms with E-state index >= 15 is 0 Å². The molecule has 4 rings (SSSR count). The lowest BCUT2D eigenvalue weighted by Gasteiger charge is -2.40. The average molecular weight is 374 g/mol. The van der Waals surface area contributed by atoms with Crippen molar-refractivity contribution in [3.8, 4) is 11.3 Å². The van der Waals surface area contributed by atoms with Gasteiger partial charge in [-0.15, -0.1) is 0 Å². The van der Waals surface area contributed by atoms with Gasteiger partial charge >= 0.3 is 5.91 Å². The third-order valence-corrected chi connectivity index (χ3v) is 7.99. The van der Waals surface area contributed by atoms with E-state index in [-0.39, 0.29) is 30.1 Å². The van der Waals surface area contributed by atoms with Crippen LogP contribution in [0.4, 0.5) is 0 Å². The summed E-state index contributed by atoms with van der Waals surface area (Å²) >= 11 is 0. The zero-order valence-corrected chi connectivity index (χ0v) is 15.3. The summed E-state index contributed by atoms with van der Waals surface area (Å²) in [6.07, 6.45) is 6.13. The van der Waals surface area contributed by atoms with Crippen molar-refractivity contribution in [3.05, 3.63) is 42.4 Å². The molecule has 0 radical (unpaired) electrons. The Balaban J connectivity index is 1.40. The molecule has 0 N–H and O–H groups in total. The summed E-state index contributed by atoms with van der Waals surface area (Å²) in [5.74, 6) is 0.195. The smallest absolute Gasteiger partial charge is 0.309 e. The van der Waals surface area contributed by atoms with Crippen molar-refractivity contribution in [2.75, 3.05) is 13.1 Å². The van der Waals surface area contributed by atoms with Gasteiger partial charge in [-0.1, -0.05) is 49.6 Å². The number of amides is 1. The number of rotatable bonds is 4. The van der Waals surface area contributed by atoms with Crippen LogP contribution < -0.4 is 0 Å². The molecule has 1 aromatic heterocycles. The third-order valence-electron chi connectivity index (χ3n) is 5.36. The summed E-state index contributed by atoms with van der Waals surface area (Å²) < 4.78 is 30.9. The number of carbonyl (C=O) groups is 1. The highest BCUT2D eigenvalue weighted by molar-refractivity contribution is 7.92. The molecule has 1 aliphatic carbocycles. The number of hydrogen-bond donors (Lipinski definition) is 0. The minimum atomic E-state index is -3.16. The number of benzene rings is 1. The standard InChI is InChI=1S/C19H22N2O4S/c22-19(18-20-11-17(25-18)14-7-3-1-4-8-14)21-12-16(13-21)26(23,24)15-9-5-2-6-10-15/h1,3-4,7-8,11,15-16H,2,5-6,9-10,12-13H2. The fourth-order valence-corrected chi connectivity index (χ4v) is 6.03. The molecular formula is C19H22N2O4S. The van der Waals surface area contributed by atoms with Gasteiger partial charge in [-0.05, 0) is 12.8 Å². The first-order valence-electron chi connectivity index (χ1n) is 9.09. The van der Waals surface area contributed by atoms with Crippen LogP contribution in [0.3, 0.4) is 0 Å². The molecule has 0 unspecified atom stereocenters. The summed E-state index contributed by atoms with van der Waals surface area (Å²) in [6.45, 7) is 0.474. The lowest BCUT2D eigenvalue weighted by atomic mass is 10.0. The molecule has 1 aliphatic heterocycles. The predicted octanol–water partition coefficient (Wildman–Crippen LogP) is 2.91. The molecule has 1 amide bonds. The molecule has 1 saturated heterocycles. The molecule has 2 aliphatic rings. The maximum Gasteiger partial charge on any atom is 0.309 e. The van der Waals surface area contributed by atoms with E-state index in [2.05, 4.69) is 4.98 Å². The van der Waals surface area contributed by atoms with E-state index in [1.54, 1.807) is 0 Å². The molecule has 0 atom stereocenters. The largest absolute Gasteiger partial charge is 0.432 e. The minimum Gasteiger partial charge on any atom is -0.432 e. The summed E-state index contributed by atoms with van der Waals surface area (Å²) in [4.78, 5) is 18.1. The average Bonchev–Trinajstić information content (AvgIpc) is 3.12. The minimum absolute atomic E-state index is 0.0115. The first kappa shape index (κ1) is 17.3. The van der Waals surface area contributed by atoms with E-state index < -0.39 is 15.1 Å². The summed E-state index contributed by atoms with van der Waals surface area (Å²) in [5, 5.41) is -0.678. The van der Waals surface area contributed by atoms with E-state index in [0.717, 1.165) is 37.7 Å². The molecule has 26 heavy (non-hydrogen) atoms. The van der Waals surface area contributed by atoms with Gasteiger partial charge in [0.05, 0.1) is 16.7 Å². The topological polar surface area (TPSA) is 80.5 Å². The first-order valence-corrected chi connectivity index (χ1v) is 10.7. The number of oxazole rings is 1. The Morgan fingerprint density at radius 3 is 2.42 bits per heavy atom. The normalized spacial score (nSPS) is 19.3. The van der Waals surface area contributed by atoms with Gasteiger partial charge in [-0.3, -0.25) is 4.79 Å². The Morgan fingerprint density at radius 1 is 1.04 bits per heavy atom. The molecule has 138 valence electrons. The number of carbonyl (C=O) groups excluding carboxylic acids is 1. The summed E-state index contributed by atoms with van der Waals surface area (Å²) in [7, 11) is -3.16. The zero-order valence-electron chi connectivity index (χ0n) is 14.5. The van der Waals surface area contributed by atoms with Crippen LogP contribution in [0.5, 0.6) is 0 Å². The molecule has 7 heteroatoms. The highest BCUT2D eigenvalue weighted by Crippen LogP contribution is 2.30. The molecule has 1 aromatic carbocycles. The lowest BCUT2D eigenvalue weighted by Crippen LogP contribution is -2.58. The quantitative estimate of drug-likeness (QED) is 0.822. The Morgan fingerprint density at radius 2 is 1.73 bits per heavy atom. The molecule has 6 nitrogen and oxygen atoms in total. The van der Waals surface area contributed by atoms with Gasteiger partial charge in [0, 0.05) is 18.7 Å². The molecule has 2 fully saturated rings. The van der Waals surface area contributed by atoms with Gasteiger partial charge in [0.15, 0.2) is 15.6 Å². The van der Waals surface area contributed by atoms with Gasteiger partial charge in [-0.25, -0.2) is 13.4 Å². The first-order chi connectivity index (χ1) is 12.6. The second kappa shape index (κ2) is 6.87. The van der Waals surface area contributed by atoms with Crippen LogP contribution in [0.2, 0.25) is 0 Å². The van der Waals surface area contributed by atoms with Gasteiger partial charge in [-0.2, -0.15) is 0 Å². The fraction of sp³-hybridized carbons (Fsp3) is 0.474. The monoisotopic (exact) mass is 374 g/mol. The number of hydrogen-bond acceptors (Lipinski definition) is 5. The van der Waals surface area contributed by atoms with Crippen LogP contribution in [0, 0.1) is 0 Å². The van der Waals surface area contributed by atoms with Crippen molar-refractivity contribution in [1.82, 2.24) is 9.88 Å². The Bertz CT molecular complexity index is 879. The SMILES string of the molecule is O=C(c1ncc(-c2ccccc2)o1)N1CC(S(=O)(=O)C2CCCCC2)C1. The fourth-order valence-electron chi connectivity index (χ4n) is 3.72. The summed E-state index contributed by atoms with van der Waals surface area (Å²) in [5.41, 5.74) is 0.848. The number of aromatic nitrogens is 1. The summed E-state index contributed by atoms with van der Waals surface area (Å²) in [6, 6.07) is 9.43. The van der Waals surface area contributed by atoms with E-state index in [4.69, 9.17) is 4.42 Å². The van der Waals surface area contributed by atoms with Crippen LogP contribution in [0.1, 0.15) is 42.8 Å². The Labute approximate surface area is 153 Å². The predicted molar refractivity (Wildman–Crippen MR) is 97.4 cm³/mol. The maximum atomic E-state index is 12.7. The molecular weight excluding hydrogens is 352 g/mol. The lowest BCUT2D eigenvalue weighted by molar-refractivity contribution is 0.0617. The highest BCUT2D eigenvalue weighted by atomic mass is 32.2. The van der Waals surface area contributed by atoms with E-state index in [1.807, 2.05) is 30.3 Å². The van der Waals surface area contributed by atoms with Gasteiger partial charge in [0.1, 0.15) is 0 Å². The van der Waals surface area contributed by atoms with Crippen molar-refractivity contribution in [3.63, 3.8) is 0 Å². The van der Waals surface area contributed by atoms with Crippen LogP contribution >= 0.6 is 0 Å². The Kier molecular flexibility index (Phi) is 4.56. The molecule has 2 aromatic rings. The van der Waals surface area contributed by atoms with Crippen molar-refractivity contribution >= 4 is 15.7 Å². The van der Waals surface area contributed by atoms with Gasteiger partial charge in [0.2, 0.25) is 0 Å². The van der Waals surface area contributed by atoms with Crippen LogP contribution in [-0.2, 0) is 9.84 Å². The van der Waals surface area contributed by atoms with Crippen LogP contribution in [0.15, 0.2) is 40.9 Å². The third kappa shape index (κ3) is 3.16. The molecule has 1 saturated carbocycles. The Hall–Kier alpha value is -2.15. The maximum absolute atomic E-state index is 12.7. The number of nitrogens with zero attached hydrogens (tertiary/aromatic N) is 2. The molecule has 0 bridgehead atoms. The van der Waals surface area contributed by atoms with E-state index in [0.29, 0.717) is 5.76 Å². The van der Waals surface area contributed by atoms with Crippen LogP contribution in [0.25, 0.3) is 11.3 Å².